The second-order valence-electron chi connectivity index (χ2n) is 8.80. The molecule has 1 aliphatic heterocycles. The number of hydrogen-bond donors (Lipinski definition) is 2. The molecule has 8 nitrogen and oxygen atoms in total. The third kappa shape index (κ3) is 5.62. The van der Waals surface area contributed by atoms with Crippen molar-refractivity contribution in [3.8, 4) is 6.07 Å². The van der Waals surface area contributed by atoms with Gasteiger partial charge < -0.3 is 11.1 Å². The molecule has 2 aliphatic rings. The molecule has 11 heteroatoms. The molecule has 0 fully saturated rings. The number of benzene rings is 2. The fraction of sp³-hybridized carbons (Fsp3) is 0.179. The van der Waals surface area contributed by atoms with Crippen LogP contribution in [0.1, 0.15) is 24.8 Å². The molecule has 0 saturated heterocycles. The van der Waals surface area contributed by atoms with Gasteiger partial charge in [0.25, 0.3) is 0 Å². The Labute approximate surface area is 232 Å². The summed E-state index contributed by atoms with van der Waals surface area (Å²) in [6.45, 7) is 0. The van der Waals surface area contributed by atoms with Gasteiger partial charge >= 0.3 is 0 Å². The minimum atomic E-state index is -0.557. The predicted molar refractivity (Wildman–Crippen MR) is 150 cm³/mol. The lowest BCUT2D eigenvalue weighted by molar-refractivity contribution is -0.116. The highest BCUT2D eigenvalue weighted by Gasteiger charge is 2.39. The van der Waals surface area contributed by atoms with Crippen LogP contribution in [0.2, 0.25) is 0 Å². The zero-order valence-corrected chi connectivity index (χ0v) is 22.3. The second-order valence-corrected chi connectivity index (χ2v) is 11.0. The fourth-order valence-electron chi connectivity index (χ4n) is 4.54. The number of nitrogens with zero attached hydrogens (tertiary/aromatic N) is 4. The van der Waals surface area contributed by atoms with E-state index in [1.54, 1.807) is 17.0 Å². The summed E-state index contributed by atoms with van der Waals surface area (Å²) in [5.41, 5.74) is 9.14. The Balaban J connectivity index is 1.39. The number of para-hydroxylation sites is 1. The number of ketones is 1. The molecule has 0 radical (unpaired) electrons. The molecule has 1 aliphatic carbocycles. The number of anilines is 2. The molecule has 1 atom stereocenters. The van der Waals surface area contributed by atoms with E-state index in [1.165, 1.54) is 23.5 Å². The number of amides is 1. The van der Waals surface area contributed by atoms with E-state index in [9.17, 15) is 19.2 Å². The Hall–Kier alpha value is -4.27. The first kappa shape index (κ1) is 26.3. The standard InChI is InChI=1S/C28H23FN6O2S2/c29-20-9-4-5-10-21(20)32-24(37)16-38-28-34-33-27(39-28)35-22-11-6-12-23(36)25(22)18(19(15-30)26(35)31)14-13-17-7-2-1-3-8-17/h1-5,7-10,13-14,18H,6,11-12,16,31H2,(H,32,37)/b14-13+. The zero-order chi connectivity index (χ0) is 27.4. The van der Waals surface area contributed by atoms with E-state index in [-0.39, 0.29) is 34.5 Å². The van der Waals surface area contributed by atoms with Crippen molar-refractivity contribution in [2.45, 2.75) is 23.6 Å². The van der Waals surface area contributed by atoms with Crippen LogP contribution in [-0.2, 0) is 9.59 Å². The fourth-order valence-corrected chi connectivity index (χ4v) is 6.22. The van der Waals surface area contributed by atoms with Crippen molar-refractivity contribution in [2.75, 3.05) is 16.0 Å². The summed E-state index contributed by atoms with van der Waals surface area (Å²) in [6.07, 6.45) is 5.41. The van der Waals surface area contributed by atoms with Crippen LogP contribution >= 0.6 is 23.1 Å². The van der Waals surface area contributed by atoms with Crippen LogP contribution in [0.4, 0.5) is 15.2 Å². The van der Waals surface area contributed by atoms with Crippen LogP contribution in [0.3, 0.4) is 0 Å². The van der Waals surface area contributed by atoms with Crippen molar-refractivity contribution < 1.29 is 14.0 Å². The van der Waals surface area contributed by atoms with Gasteiger partial charge in [-0.2, -0.15) is 5.26 Å². The Morgan fingerprint density at radius 1 is 1.21 bits per heavy atom. The molecule has 5 rings (SSSR count). The first-order valence-corrected chi connectivity index (χ1v) is 14.0. The maximum Gasteiger partial charge on any atom is 0.234 e. The van der Waals surface area contributed by atoms with Gasteiger partial charge in [0.05, 0.1) is 23.1 Å². The first-order chi connectivity index (χ1) is 19.0. The number of carbonyl (C=O) groups is 2. The van der Waals surface area contributed by atoms with Gasteiger partial charge in [-0.25, -0.2) is 4.39 Å². The molecule has 0 bridgehead atoms. The number of nitriles is 1. The van der Waals surface area contributed by atoms with Crippen molar-refractivity contribution in [3.05, 3.63) is 94.7 Å². The summed E-state index contributed by atoms with van der Waals surface area (Å²) in [5.74, 6) is -1.28. The summed E-state index contributed by atoms with van der Waals surface area (Å²) >= 11 is 2.35. The molecule has 196 valence electrons. The van der Waals surface area contributed by atoms with Crippen LogP contribution in [-0.4, -0.2) is 27.6 Å². The molecule has 0 saturated carbocycles. The van der Waals surface area contributed by atoms with Crippen LogP contribution < -0.4 is 16.0 Å². The zero-order valence-electron chi connectivity index (χ0n) is 20.6. The summed E-state index contributed by atoms with van der Waals surface area (Å²) < 4.78 is 14.3. The van der Waals surface area contributed by atoms with Crippen molar-refractivity contribution >= 4 is 51.7 Å². The number of aromatic nitrogens is 2. The Kier molecular flexibility index (Phi) is 7.86. The summed E-state index contributed by atoms with van der Waals surface area (Å²) in [7, 11) is 0. The Bertz CT molecular complexity index is 1560. The third-order valence-corrected chi connectivity index (χ3v) is 8.34. The van der Waals surface area contributed by atoms with Gasteiger partial charge in [-0.05, 0) is 30.5 Å². The topological polar surface area (TPSA) is 125 Å². The molecule has 1 amide bonds. The van der Waals surface area contributed by atoms with Crippen molar-refractivity contribution in [2.24, 2.45) is 11.7 Å². The average Bonchev–Trinajstić information content (AvgIpc) is 3.41. The van der Waals surface area contributed by atoms with Crippen LogP contribution in [0.25, 0.3) is 6.08 Å². The summed E-state index contributed by atoms with van der Waals surface area (Å²) in [6, 6.07) is 17.8. The number of Topliss-reactive ketones (excluding diaryl/α,β-unsaturated/α-hetero) is 1. The molecule has 39 heavy (non-hydrogen) atoms. The molecule has 3 aromatic rings. The monoisotopic (exact) mass is 558 g/mol. The lowest BCUT2D eigenvalue weighted by atomic mass is 9.79. The number of nitrogens with one attached hydrogen (secondary N) is 1. The van der Waals surface area contributed by atoms with Crippen molar-refractivity contribution in [1.82, 2.24) is 10.2 Å². The highest BCUT2D eigenvalue weighted by molar-refractivity contribution is 8.01. The minimum absolute atomic E-state index is 0.00345. The molecule has 1 aromatic heterocycles. The van der Waals surface area contributed by atoms with Gasteiger partial charge in [-0.1, -0.05) is 77.7 Å². The van der Waals surface area contributed by atoms with Crippen LogP contribution in [0, 0.1) is 23.1 Å². The number of allylic oxidation sites excluding steroid dienone is 4. The van der Waals surface area contributed by atoms with E-state index in [0.29, 0.717) is 34.3 Å². The number of halogens is 1. The number of carbonyl (C=O) groups excluding carboxylic acids is 2. The SMILES string of the molecule is N#CC1=C(N)N(c2nnc(SCC(=O)Nc3ccccc3F)s2)C2=C(C(=O)CCC2)C1/C=C/c1ccccc1. The van der Waals surface area contributed by atoms with Crippen LogP contribution in [0.5, 0.6) is 0 Å². The van der Waals surface area contributed by atoms with Gasteiger partial charge in [-0.15, -0.1) is 10.2 Å². The number of nitrogens with two attached hydrogens (primary N) is 1. The molecule has 3 N–H and O–H groups in total. The van der Waals surface area contributed by atoms with E-state index < -0.39 is 11.7 Å². The summed E-state index contributed by atoms with van der Waals surface area (Å²) in [4.78, 5) is 27.1. The number of thioether (sulfide) groups is 1. The molecular weight excluding hydrogens is 535 g/mol. The highest BCUT2D eigenvalue weighted by Crippen LogP contribution is 2.44. The lowest BCUT2D eigenvalue weighted by Gasteiger charge is -2.37. The number of hydrogen-bond acceptors (Lipinski definition) is 9. The molecule has 0 spiro atoms. The predicted octanol–water partition coefficient (Wildman–Crippen LogP) is 5.26. The van der Waals surface area contributed by atoms with Gasteiger partial charge in [0.2, 0.25) is 11.0 Å². The van der Waals surface area contributed by atoms with Crippen molar-refractivity contribution in [1.29, 1.82) is 5.26 Å². The maximum atomic E-state index is 13.8. The molecular formula is C28H23FN6O2S2. The quantitative estimate of drug-likeness (QED) is 0.376. The first-order valence-electron chi connectivity index (χ1n) is 12.2. The largest absolute Gasteiger partial charge is 0.384 e. The third-order valence-electron chi connectivity index (χ3n) is 6.30. The molecule has 2 heterocycles. The van der Waals surface area contributed by atoms with Gasteiger partial charge in [-0.3, -0.25) is 14.5 Å². The van der Waals surface area contributed by atoms with E-state index in [4.69, 9.17) is 5.73 Å². The van der Waals surface area contributed by atoms with E-state index in [1.807, 2.05) is 42.5 Å². The van der Waals surface area contributed by atoms with Gasteiger partial charge in [0.15, 0.2) is 10.1 Å². The average molecular weight is 559 g/mol. The minimum Gasteiger partial charge on any atom is -0.384 e. The van der Waals surface area contributed by atoms with Gasteiger partial charge in [0.1, 0.15) is 11.6 Å². The van der Waals surface area contributed by atoms with E-state index in [0.717, 1.165) is 23.0 Å². The Morgan fingerprint density at radius 3 is 2.74 bits per heavy atom. The molecule has 1 unspecified atom stereocenters. The van der Waals surface area contributed by atoms with Crippen LogP contribution in [0.15, 0.2) is 87.7 Å². The normalized spacial score (nSPS) is 17.4. The second kappa shape index (κ2) is 11.6. The van der Waals surface area contributed by atoms with Crippen molar-refractivity contribution in [3.63, 3.8) is 0 Å². The van der Waals surface area contributed by atoms with E-state index >= 15 is 0 Å². The smallest absolute Gasteiger partial charge is 0.234 e. The van der Waals surface area contributed by atoms with E-state index in [2.05, 4.69) is 21.6 Å². The summed E-state index contributed by atoms with van der Waals surface area (Å²) in [5, 5.41) is 21.5. The Morgan fingerprint density at radius 2 is 1.97 bits per heavy atom. The molecule has 2 aromatic carbocycles. The van der Waals surface area contributed by atoms with Gasteiger partial charge in [0, 0.05) is 23.6 Å². The highest BCUT2D eigenvalue weighted by atomic mass is 32.2. The maximum absolute atomic E-state index is 13.8. The number of rotatable bonds is 7. The lowest BCUT2D eigenvalue weighted by Crippen LogP contribution is -2.39.